The third kappa shape index (κ3) is 4.92. The van der Waals surface area contributed by atoms with Crippen molar-refractivity contribution in [3.05, 3.63) is 81.0 Å². The average Bonchev–Trinajstić information content (AvgIpc) is 3.25. The highest BCUT2D eigenvalue weighted by molar-refractivity contribution is 8.00. The molecule has 3 aromatic rings. The maximum Gasteiger partial charge on any atom is 0.234 e. The molecule has 1 aromatic heterocycles. The molecule has 35 heavy (non-hydrogen) atoms. The smallest absolute Gasteiger partial charge is 0.234 e. The van der Waals surface area contributed by atoms with Crippen molar-refractivity contribution in [1.82, 2.24) is 10.2 Å². The molecular formula is C26H23Cl2N3O2S2. The number of halogens is 2. The van der Waals surface area contributed by atoms with Crippen molar-refractivity contribution in [1.29, 1.82) is 0 Å². The van der Waals surface area contributed by atoms with E-state index in [1.54, 1.807) is 11.0 Å². The Bertz CT molecular complexity index is 1350. The molecule has 5 nitrogen and oxygen atoms in total. The molecule has 1 aliphatic carbocycles. The van der Waals surface area contributed by atoms with Gasteiger partial charge in [0.05, 0.1) is 0 Å². The highest BCUT2D eigenvalue weighted by atomic mass is 35.5. The number of benzene rings is 2. The first-order valence-corrected chi connectivity index (χ1v) is 13.8. The number of Topliss-reactive ketones (excluding diaryl/α,β-unsaturated/α-hetero) is 1. The number of amides is 1. The van der Waals surface area contributed by atoms with Gasteiger partial charge in [0.25, 0.3) is 0 Å². The monoisotopic (exact) mass is 543 g/mol. The van der Waals surface area contributed by atoms with Gasteiger partial charge in [-0.1, -0.05) is 96.5 Å². The number of anilines is 1. The molecule has 2 heterocycles. The zero-order valence-electron chi connectivity index (χ0n) is 19.3. The molecule has 5 rings (SSSR count). The van der Waals surface area contributed by atoms with E-state index in [1.807, 2.05) is 42.5 Å². The van der Waals surface area contributed by atoms with Crippen LogP contribution < -0.4 is 4.90 Å². The van der Waals surface area contributed by atoms with Crippen molar-refractivity contribution in [2.75, 3.05) is 4.90 Å². The van der Waals surface area contributed by atoms with E-state index >= 15 is 0 Å². The molecule has 0 unspecified atom stereocenters. The Labute approximate surface area is 222 Å². The molecule has 0 N–H and O–H groups in total. The van der Waals surface area contributed by atoms with Crippen molar-refractivity contribution in [3.63, 3.8) is 0 Å². The van der Waals surface area contributed by atoms with Crippen molar-refractivity contribution in [2.24, 2.45) is 5.41 Å². The number of aromatic nitrogens is 2. The lowest BCUT2D eigenvalue weighted by molar-refractivity contribution is -0.121. The fraction of sp³-hybridized carbons (Fsp3) is 0.308. The van der Waals surface area contributed by atoms with Crippen molar-refractivity contribution in [3.8, 4) is 0 Å². The number of rotatable bonds is 5. The number of hydrogen-bond donors (Lipinski definition) is 0. The lowest BCUT2D eigenvalue weighted by Crippen LogP contribution is -2.43. The predicted octanol–water partition coefficient (Wildman–Crippen LogP) is 7.30. The van der Waals surface area contributed by atoms with Crippen LogP contribution in [-0.2, 0) is 15.3 Å². The maximum absolute atomic E-state index is 13.5. The molecule has 2 aromatic carbocycles. The number of allylic oxidation sites excluding steroid dienone is 2. The second-order valence-electron chi connectivity index (χ2n) is 9.54. The molecule has 180 valence electrons. The molecule has 2 aliphatic rings. The van der Waals surface area contributed by atoms with Gasteiger partial charge in [-0.05, 0) is 35.1 Å². The topological polar surface area (TPSA) is 63.2 Å². The van der Waals surface area contributed by atoms with Crippen LogP contribution in [0.15, 0.2) is 64.1 Å². The van der Waals surface area contributed by atoms with Gasteiger partial charge in [-0.3, -0.25) is 14.5 Å². The minimum atomic E-state index is -0.354. The highest BCUT2D eigenvalue weighted by Gasteiger charge is 2.45. The van der Waals surface area contributed by atoms with Crippen molar-refractivity contribution in [2.45, 2.75) is 49.1 Å². The molecule has 0 saturated carbocycles. The van der Waals surface area contributed by atoms with E-state index in [-0.39, 0.29) is 29.4 Å². The maximum atomic E-state index is 13.5. The first-order chi connectivity index (χ1) is 16.7. The van der Waals surface area contributed by atoms with Crippen molar-refractivity contribution >= 4 is 63.1 Å². The molecule has 0 fully saturated rings. The van der Waals surface area contributed by atoms with Crippen molar-refractivity contribution < 1.29 is 9.59 Å². The third-order valence-corrected chi connectivity index (χ3v) is 9.12. The van der Waals surface area contributed by atoms with E-state index in [1.165, 1.54) is 23.1 Å². The van der Waals surface area contributed by atoms with Crippen LogP contribution in [0.1, 0.15) is 50.2 Å². The first-order valence-electron chi connectivity index (χ1n) is 11.3. The van der Waals surface area contributed by atoms with Gasteiger partial charge < -0.3 is 0 Å². The summed E-state index contributed by atoms with van der Waals surface area (Å²) in [4.78, 5) is 28.6. The van der Waals surface area contributed by atoms with E-state index in [2.05, 4.69) is 24.0 Å². The molecule has 1 aliphatic heterocycles. The highest BCUT2D eigenvalue weighted by Crippen LogP contribution is 2.49. The van der Waals surface area contributed by atoms with Gasteiger partial charge in [-0.2, -0.15) is 0 Å². The average molecular weight is 545 g/mol. The number of carbonyl (C=O) groups excluding carboxylic acids is 2. The van der Waals surface area contributed by atoms with E-state index in [4.69, 9.17) is 23.2 Å². The molecular weight excluding hydrogens is 521 g/mol. The van der Waals surface area contributed by atoms with Crippen LogP contribution in [0.2, 0.25) is 10.0 Å². The van der Waals surface area contributed by atoms with E-state index < -0.39 is 0 Å². The Morgan fingerprint density at radius 2 is 1.74 bits per heavy atom. The zero-order valence-corrected chi connectivity index (χ0v) is 22.4. The molecule has 1 amide bonds. The van der Waals surface area contributed by atoms with Gasteiger partial charge in [0, 0.05) is 45.8 Å². The molecule has 0 spiro atoms. The standard InChI is InChI=1S/C26H23Cl2N3O2S2/c1-26(2)12-20-23(21(32)13-26)17(16-8-4-6-10-19(16)28)11-22(33)31(20)24-29-30-25(35-24)34-14-15-7-3-5-9-18(15)27/h3-10,17H,11-14H2,1-2H3/t17-/m0/s1. The number of thioether (sulfide) groups is 1. The Kier molecular flexibility index (Phi) is 6.79. The fourth-order valence-electron chi connectivity index (χ4n) is 4.77. The molecule has 0 saturated heterocycles. The van der Waals surface area contributed by atoms with Crippen LogP contribution in [0, 0.1) is 5.41 Å². The zero-order chi connectivity index (χ0) is 24.7. The molecule has 1 atom stereocenters. The summed E-state index contributed by atoms with van der Waals surface area (Å²) < 4.78 is 0.740. The summed E-state index contributed by atoms with van der Waals surface area (Å²) in [5.74, 6) is 0.263. The third-order valence-electron chi connectivity index (χ3n) is 6.32. The Morgan fingerprint density at radius 1 is 1.03 bits per heavy atom. The Hall–Kier alpha value is -2.19. The van der Waals surface area contributed by atoms with Gasteiger partial charge in [0.1, 0.15) is 0 Å². The minimum absolute atomic E-state index is 0.0662. The quantitative estimate of drug-likeness (QED) is 0.249. The number of nitrogens with zero attached hydrogens (tertiary/aromatic N) is 3. The Balaban J connectivity index is 1.51. The lowest BCUT2D eigenvalue weighted by Gasteiger charge is -2.41. The van der Waals surface area contributed by atoms with Crippen LogP contribution in [0.4, 0.5) is 5.13 Å². The minimum Gasteiger partial charge on any atom is -0.294 e. The Morgan fingerprint density at radius 3 is 2.49 bits per heavy atom. The van der Waals surface area contributed by atoms with Gasteiger partial charge in [-0.25, -0.2) is 0 Å². The molecule has 0 radical (unpaired) electrons. The van der Waals surface area contributed by atoms with Gasteiger partial charge in [0.15, 0.2) is 10.1 Å². The van der Waals surface area contributed by atoms with Crippen LogP contribution >= 0.6 is 46.3 Å². The largest absolute Gasteiger partial charge is 0.294 e. The lowest BCUT2D eigenvalue weighted by atomic mass is 9.69. The summed E-state index contributed by atoms with van der Waals surface area (Å²) in [6, 6.07) is 15.1. The van der Waals surface area contributed by atoms with Crippen LogP contribution in [0.25, 0.3) is 0 Å². The van der Waals surface area contributed by atoms with Gasteiger partial charge >= 0.3 is 0 Å². The second kappa shape index (κ2) is 9.69. The van der Waals surface area contributed by atoms with Crippen LogP contribution in [0.5, 0.6) is 0 Å². The van der Waals surface area contributed by atoms with Gasteiger partial charge in [-0.15, -0.1) is 10.2 Å². The van der Waals surface area contributed by atoms with Gasteiger partial charge in [0.2, 0.25) is 11.0 Å². The predicted molar refractivity (Wildman–Crippen MR) is 142 cm³/mol. The fourth-order valence-corrected chi connectivity index (χ4v) is 7.20. The summed E-state index contributed by atoms with van der Waals surface area (Å²) in [6.07, 6.45) is 1.20. The van der Waals surface area contributed by atoms with E-state index in [0.717, 1.165) is 21.2 Å². The first kappa shape index (κ1) is 24.5. The van der Waals surface area contributed by atoms with Crippen LogP contribution in [-0.4, -0.2) is 21.9 Å². The second-order valence-corrected chi connectivity index (χ2v) is 12.5. The number of carbonyl (C=O) groups is 2. The van der Waals surface area contributed by atoms with E-state index in [0.29, 0.717) is 39.3 Å². The summed E-state index contributed by atoms with van der Waals surface area (Å²) in [5, 5.41) is 10.4. The summed E-state index contributed by atoms with van der Waals surface area (Å²) in [7, 11) is 0. The molecule has 9 heteroatoms. The summed E-state index contributed by atoms with van der Waals surface area (Å²) in [6.45, 7) is 4.11. The normalized spacial score (nSPS) is 19.8. The number of hydrogen-bond acceptors (Lipinski definition) is 6. The number of ketones is 1. The summed E-state index contributed by atoms with van der Waals surface area (Å²) in [5.41, 5.74) is 2.97. The SMILES string of the molecule is CC1(C)CC(=O)C2=C(C1)N(c1nnc(SCc3ccccc3Cl)s1)C(=O)C[C@H]2c1ccccc1Cl. The van der Waals surface area contributed by atoms with E-state index in [9.17, 15) is 9.59 Å². The summed E-state index contributed by atoms with van der Waals surface area (Å²) >= 11 is 15.7. The van der Waals surface area contributed by atoms with Crippen LogP contribution in [0.3, 0.4) is 0 Å². The molecule has 0 bridgehead atoms.